The summed E-state index contributed by atoms with van der Waals surface area (Å²) in [4.78, 5) is 14.0. The Morgan fingerprint density at radius 2 is 2.13 bits per heavy atom. The van der Waals surface area contributed by atoms with Gasteiger partial charge in [-0.15, -0.1) is 0 Å². The number of alkyl halides is 1. The Labute approximate surface area is 99.5 Å². The number of fused-ring (bicyclic) bond motifs is 2. The maximum Gasteiger partial charge on any atom is 0.236 e. The van der Waals surface area contributed by atoms with Crippen molar-refractivity contribution in [3.8, 4) is 0 Å². The van der Waals surface area contributed by atoms with Crippen molar-refractivity contribution in [3.05, 3.63) is 0 Å². The van der Waals surface area contributed by atoms with Gasteiger partial charge < -0.3 is 4.90 Å². The largest absolute Gasteiger partial charge is 0.341 e. The molecular formula is C12H18BrNO. The fraction of sp³-hybridized carbons (Fsp3) is 0.917. The van der Waals surface area contributed by atoms with Crippen molar-refractivity contribution in [2.24, 2.45) is 17.8 Å². The number of rotatable bonds is 2. The molecule has 1 amide bonds. The SMILES string of the molecule is O=C1C(Br)CCN1CC1CC2CCC1C2. The third kappa shape index (κ3) is 1.73. The average Bonchev–Trinajstić information content (AvgIpc) is 2.89. The maximum atomic E-state index is 11.8. The van der Waals surface area contributed by atoms with E-state index in [9.17, 15) is 4.79 Å². The molecule has 2 nitrogen and oxygen atoms in total. The van der Waals surface area contributed by atoms with Crippen LogP contribution in [0.15, 0.2) is 0 Å². The summed E-state index contributed by atoms with van der Waals surface area (Å²) in [5.41, 5.74) is 0. The van der Waals surface area contributed by atoms with Gasteiger partial charge in [0.2, 0.25) is 5.91 Å². The maximum absolute atomic E-state index is 11.8. The molecule has 3 fully saturated rings. The van der Waals surface area contributed by atoms with E-state index in [4.69, 9.17) is 0 Å². The molecule has 1 saturated heterocycles. The van der Waals surface area contributed by atoms with E-state index < -0.39 is 0 Å². The molecule has 0 N–H and O–H groups in total. The third-order valence-corrected chi connectivity index (χ3v) is 5.42. The van der Waals surface area contributed by atoms with E-state index in [1.54, 1.807) is 0 Å². The van der Waals surface area contributed by atoms with Gasteiger partial charge in [-0.25, -0.2) is 0 Å². The third-order valence-electron chi connectivity index (χ3n) is 4.57. The molecule has 3 heteroatoms. The van der Waals surface area contributed by atoms with Crippen LogP contribution in [0.2, 0.25) is 0 Å². The molecule has 2 aliphatic carbocycles. The van der Waals surface area contributed by atoms with Crippen LogP contribution >= 0.6 is 15.9 Å². The first-order chi connectivity index (χ1) is 7.24. The van der Waals surface area contributed by atoms with Gasteiger partial charge in [-0.1, -0.05) is 22.4 Å². The number of carbonyl (C=O) groups is 1. The van der Waals surface area contributed by atoms with Crippen LogP contribution in [0.1, 0.15) is 32.1 Å². The molecule has 84 valence electrons. The summed E-state index contributed by atoms with van der Waals surface area (Å²) in [7, 11) is 0. The predicted molar refractivity (Wildman–Crippen MR) is 62.9 cm³/mol. The second-order valence-electron chi connectivity index (χ2n) is 5.48. The zero-order chi connectivity index (χ0) is 10.4. The van der Waals surface area contributed by atoms with Gasteiger partial charge in [0.15, 0.2) is 0 Å². The van der Waals surface area contributed by atoms with Crippen molar-refractivity contribution in [2.45, 2.75) is 36.9 Å². The molecule has 0 aromatic carbocycles. The Kier molecular flexibility index (Phi) is 2.54. The standard InChI is InChI=1S/C12H18BrNO/c13-11-3-4-14(12(11)15)7-10-6-8-1-2-9(10)5-8/h8-11H,1-7H2. The molecule has 1 heterocycles. The number of likely N-dealkylation sites (tertiary alicyclic amines) is 1. The van der Waals surface area contributed by atoms with Gasteiger partial charge in [0.1, 0.15) is 0 Å². The lowest BCUT2D eigenvalue weighted by molar-refractivity contribution is -0.127. The van der Waals surface area contributed by atoms with Gasteiger partial charge in [0.05, 0.1) is 4.83 Å². The number of hydrogen-bond donors (Lipinski definition) is 0. The topological polar surface area (TPSA) is 20.3 Å². The van der Waals surface area contributed by atoms with Crippen molar-refractivity contribution in [1.82, 2.24) is 4.90 Å². The Balaban J connectivity index is 1.60. The van der Waals surface area contributed by atoms with Crippen molar-refractivity contribution in [3.63, 3.8) is 0 Å². The first kappa shape index (κ1) is 10.1. The zero-order valence-electron chi connectivity index (χ0n) is 8.99. The van der Waals surface area contributed by atoms with Gasteiger partial charge in [-0.2, -0.15) is 0 Å². The number of nitrogens with zero attached hydrogens (tertiary/aromatic N) is 1. The van der Waals surface area contributed by atoms with Gasteiger partial charge >= 0.3 is 0 Å². The quantitative estimate of drug-likeness (QED) is 0.707. The van der Waals surface area contributed by atoms with Crippen molar-refractivity contribution in [1.29, 1.82) is 0 Å². The minimum atomic E-state index is 0.107. The molecule has 1 aliphatic heterocycles. The van der Waals surface area contributed by atoms with Crippen LogP contribution in [0.5, 0.6) is 0 Å². The first-order valence-electron chi connectivity index (χ1n) is 6.17. The first-order valence-corrected chi connectivity index (χ1v) is 7.08. The molecule has 4 atom stereocenters. The molecule has 0 aromatic rings. The molecule has 0 aromatic heterocycles. The summed E-state index contributed by atoms with van der Waals surface area (Å²) in [5, 5.41) is 0. The van der Waals surface area contributed by atoms with Crippen molar-refractivity contribution in [2.75, 3.05) is 13.1 Å². The van der Waals surface area contributed by atoms with Crippen molar-refractivity contribution >= 4 is 21.8 Å². The van der Waals surface area contributed by atoms with E-state index in [1.165, 1.54) is 25.7 Å². The van der Waals surface area contributed by atoms with Crippen LogP contribution < -0.4 is 0 Å². The summed E-state index contributed by atoms with van der Waals surface area (Å²) < 4.78 is 0. The lowest BCUT2D eigenvalue weighted by Gasteiger charge is -2.26. The minimum absolute atomic E-state index is 0.107. The van der Waals surface area contributed by atoms with Crippen LogP contribution in [0, 0.1) is 17.8 Å². The number of carbonyl (C=O) groups excluding carboxylic acids is 1. The van der Waals surface area contributed by atoms with E-state index in [1.807, 2.05) is 0 Å². The van der Waals surface area contributed by atoms with E-state index in [-0.39, 0.29) is 4.83 Å². The predicted octanol–water partition coefficient (Wildman–Crippen LogP) is 2.42. The summed E-state index contributed by atoms with van der Waals surface area (Å²) in [6, 6.07) is 0. The molecule has 2 bridgehead atoms. The fourth-order valence-corrected chi connectivity index (χ4v) is 4.26. The smallest absolute Gasteiger partial charge is 0.236 e. The summed E-state index contributed by atoms with van der Waals surface area (Å²) in [6.45, 7) is 2.02. The molecule has 3 aliphatic rings. The normalized spacial score (nSPS) is 44.3. The van der Waals surface area contributed by atoms with E-state index in [0.717, 1.165) is 37.3 Å². The lowest BCUT2D eigenvalue weighted by atomic mass is 9.88. The number of hydrogen-bond acceptors (Lipinski definition) is 1. The van der Waals surface area contributed by atoms with Gasteiger partial charge in [0.25, 0.3) is 0 Å². The molecule has 15 heavy (non-hydrogen) atoms. The van der Waals surface area contributed by atoms with E-state index in [2.05, 4.69) is 20.8 Å². The van der Waals surface area contributed by atoms with Crippen molar-refractivity contribution < 1.29 is 4.79 Å². The van der Waals surface area contributed by atoms with Crippen LogP contribution in [0.25, 0.3) is 0 Å². The summed E-state index contributed by atoms with van der Waals surface area (Å²) in [6.07, 6.45) is 6.72. The van der Waals surface area contributed by atoms with Crippen LogP contribution in [-0.4, -0.2) is 28.7 Å². The Morgan fingerprint density at radius 3 is 2.67 bits per heavy atom. The fourth-order valence-electron chi connectivity index (χ4n) is 3.77. The molecule has 2 saturated carbocycles. The Hall–Kier alpha value is -0.0500. The van der Waals surface area contributed by atoms with E-state index in [0.29, 0.717) is 5.91 Å². The average molecular weight is 272 g/mol. The molecule has 0 spiro atoms. The second-order valence-corrected chi connectivity index (χ2v) is 6.58. The van der Waals surface area contributed by atoms with Gasteiger partial charge in [-0.05, 0) is 43.4 Å². The van der Waals surface area contributed by atoms with Gasteiger partial charge in [-0.3, -0.25) is 4.79 Å². The zero-order valence-corrected chi connectivity index (χ0v) is 10.6. The summed E-state index contributed by atoms with van der Waals surface area (Å²) in [5.74, 6) is 3.10. The highest BCUT2D eigenvalue weighted by atomic mass is 79.9. The number of halogens is 1. The molecular weight excluding hydrogens is 254 g/mol. The molecule has 0 radical (unpaired) electrons. The molecule has 4 unspecified atom stereocenters. The highest BCUT2D eigenvalue weighted by molar-refractivity contribution is 9.10. The second kappa shape index (κ2) is 3.76. The molecule has 3 rings (SSSR count). The van der Waals surface area contributed by atoms with Crippen LogP contribution in [0.3, 0.4) is 0 Å². The highest BCUT2D eigenvalue weighted by Crippen LogP contribution is 2.48. The minimum Gasteiger partial charge on any atom is -0.341 e. The number of amides is 1. The Morgan fingerprint density at radius 1 is 1.27 bits per heavy atom. The van der Waals surface area contributed by atoms with Crippen LogP contribution in [0.4, 0.5) is 0 Å². The van der Waals surface area contributed by atoms with E-state index >= 15 is 0 Å². The lowest BCUT2D eigenvalue weighted by Crippen LogP contribution is -2.34. The monoisotopic (exact) mass is 271 g/mol. The highest BCUT2D eigenvalue weighted by Gasteiger charge is 2.41. The van der Waals surface area contributed by atoms with Crippen LogP contribution in [-0.2, 0) is 4.79 Å². The Bertz CT molecular complexity index is 281. The summed E-state index contributed by atoms with van der Waals surface area (Å²) >= 11 is 3.44. The van der Waals surface area contributed by atoms with Gasteiger partial charge in [0, 0.05) is 13.1 Å².